The van der Waals surface area contributed by atoms with Crippen molar-refractivity contribution >= 4 is 5.78 Å². The highest BCUT2D eigenvalue weighted by Crippen LogP contribution is 2.23. The summed E-state index contributed by atoms with van der Waals surface area (Å²) in [6.45, 7) is 4.08. The Labute approximate surface area is 108 Å². The molecule has 1 aromatic rings. The Kier molecular flexibility index (Phi) is 5.38. The summed E-state index contributed by atoms with van der Waals surface area (Å²) >= 11 is 0. The molecule has 0 aromatic heterocycles. The minimum Gasteiger partial charge on any atom is -0.497 e. The number of carbonyl (C=O) groups excluding carboxylic acids is 1. The van der Waals surface area contributed by atoms with Crippen LogP contribution >= 0.6 is 0 Å². The predicted molar refractivity (Wildman–Crippen MR) is 70.4 cm³/mol. The first kappa shape index (κ1) is 14.2. The molecular weight excluding hydrogens is 226 g/mol. The molecule has 18 heavy (non-hydrogen) atoms. The molecule has 2 unspecified atom stereocenters. The van der Waals surface area contributed by atoms with Gasteiger partial charge in [-0.15, -0.1) is 0 Å². The van der Waals surface area contributed by atoms with Gasteiger partial charge in [0.25, 0.3) is 0 Å². The molecular formula is C15H19NO2. The first-order valence-corrected chi connectivity index (χ1v) is 6.18. The molecule has 0 saturated carbocycles. The summed E-state index contributed by atoms with van der Waals surface area (Å²) in [6.07, 6.45) is 1.41. The third-order valence-corrected chi connectivity index (χ3v) is 3.15. The number of rotatable bonds is 6. The second-order valence-corrected chi connectivity index (χ2v) is 4.52. The Balaban J connectivity index is 2.82. The van der Waals surface area contributed by atoms with Crippen LogP contribution in [0.25, 0.3) is 0 Å². The number of nitriles is 1. The van der Waals surface area contributed by atoms with E-state index in [2.05, 4.69) is 6.07 Å². The third-order valence-electron chi connectivity index (χ3n) is 3.15. The number of ketones is 1. The molecule has 0 spiro atoms. The van der Waals surface area contributed by atoms with Crippen LogP contribution in [0.1, 0.15) is 38.2 Å². The van der Waals surface area contributed by atoms with Crippen LogP contribution in [0, 0.1) is 17.2 Å². The third kappa shape index (κ3) is 3.59. The fraction of sp³-hybridized carbons (Fsp3) is 0.467. The predicted octanol–water partition coefficient (Wildman–Crippen LogP) is 3.31. The van der Waals surface area contributed by atoms with E-state index in [1.165, 1.54) is 0 Å². The van der Waals surface area contributed by atoms with Gasteiger partial charge in [-0.25, -0.2) is 0 Å². The summed E-state index contributed by atoms with van der Waals surface area (Å²) in [5, 5.41) is 9.16. The SMILES string of the molecule is CCC(C)CC(=O)C(C#N)c1ccc(OC)cc1. The van der Waals surface area contributed by atoms with Crippen LogP contribution < -0.4 is 4.74 Å². The zero-order chi connectivity index (χ0) is 13.5. The Morgan fingerprint density at radius 3 is 2.44 bits per heavy atom. The maximum Gasteiger partial charge on any atom is 0.154 e. The second kappa shape index (κ2) is 6.80. The van der Waals surface area contributed by atoms with Gasteiger partial charge in [0.2, 0.25) is 0 Å². The maximum atomic E-state index is 12.0. The first-order valence-electron chi connectivity index (χ1n) is 6.18. The lowest BCUT2D eigenvalue weighted by atomic mass is 9.90. The van der Waals surface area contributed by atoms with Crippen molar-refractivity contribution in [3.05, 3.63) is 29.8 Å². The Morgan fingerprint density at radius 2 is 2.00 bits per heavy atom. The lowest BCUT2D eigenvalue weighted by molar-refractivity contribution is -0.120. The number of carbonyl (C=O) groups is 1. The van der Waals surface area contributed by atoms with Gasteiger partial charge in [0.1, 0.15) is 11.7 Å². The van der Waals surface area contributed by atoms with E-state index < -0.39 is 5.92 Å². The van der Waals surface area contributed by atoms with Gasteiger partial charge in [0.05, 0.1) is 13.2 Å². The van der Waals surface area contributed by atoms with Gasteiger partial charge in [-0.2, -0.15) is 5.26 Å². The standard InChI is InChI=1S/C15H19NO2/c1-4-11(2)9-15(17)14(10-16)12-5-7-13(18-3)8-6-12/h5-8,11,14H,4,9H2,1-3H3. The van der Waals surface area contributed by atoms with Gasteiger partial charge in [-0.3, -0.25) is 4.79 Å². The summed E-state index contributed by atoms with van der Waals surface area (Å²) in [5.41, 5.74) is 0.742. The van der Waals surface area contributed by atoms with Gasteiger partial charge in [-0.1, -0.05) is 32.4 Å². The van der Waals surface area contributed by atoms with Crippen LogP contribution in [-0.2, 0) is 4.79 Å². The van der Waals surface area contributed by atoms with E-state index in [9.17, 15) is 4.79 Å². The van der Waals surface area contributed by atoms with Crippen molar-refractivity contribution < 1.29 is 9.53 Å². The van der Waals surface area contributed by atoms with Crippen molar-refractivity contribution in [3.8, 4) is 11.8 Å². The number of Topliss-reactive ketones (excluding diaryl/α,β-unsaturated/α-hetero) is 1. The van der Waals surface area contributed by atoms with Gasteiger partial charge < -0.3 is 4.74 Å². The van der Waals surface area contributed by atoms with Gasteiger partial charge >= 0.3 is 0 Å². The molecule has 1 rings (SSSR count). The highest BCUT2D eigenvalue weighted by Gasteiger charge is 2.21. The zero-order valence-electron chi connectivity index (χ0n) is 11.1. The fourth-order valence-corrected chi connectivity index (χ4v) is 1.73. The molecule has 0 N–H and O–H groups in total. The number of methoxy groups -OCH3 is 1. The van der Waals surface area contributed by atoms with E-state index in [0.717, 1.165) is 17.7 Å². The molecule has 0 saturated heterocycles. The molecule has 0 aliphatic carbocycles. The molecule has 0 aliphatic heterocycles. The molecule has 3 nitrogen and oxygen atoms in total. The number of benzene rings is 1. The molecule has 0 amide bonds. The molecule has 0 heterocycles. The van der Waals surface area contributed by atoms with Crippen LogP contribution in [0.15, 0.2) is 24.3 Å². The first-order chi connectivity index (χ1) is 8.62. The molecule has 96 valence electrons. The second-order valence-electron chi connectivity index (χ2n) is 4.52. The number of nitrogens with zero attached hydrogens (tertiary/aromatic N) is 1. The Bertz CT molecular complexity index is 431. The Morgan fingerprint density at radius 1 is 1.39 bits per heavy atom. The summed E-state index contributed by atoms with van der Waals surface area (Å²) in [7, 11) is 1.59. The molecule has 2 atom stereocenters. The topological polar surface area (TPSA) is 50.1 Å². The molecule has 1 aromatic carbocycles. The van der Waals surface area contributed by atoms with Gasteiger partial charge in [-0.05, 0) is 23.6 Å². The normalized spacial score (nSPS) is 13.4. The van der Waals surface area contributed by atoms with Crippen LogP contribution in [0.3, 0.4) is 0 Å². The van der Waals surface area contributed by atoms with E-state index in [4.69, 9.17) is 10.00 Å². The van der Waals surface area contributed by atoms with Crippen LogP contribution in [-0.4, -0.2) is 12.9 Å². The van der Waals surface area contributed by atoms with Crippen LogP contribution in [0.2, 0.25) is 0 Å². The monoisotopic (exact) mass is 245 g/mol. The highest BCUT2D eigenvalue weighted by molar-refractivity contribution is 5.88. The lowest BCUT2D eigenvalue weighted by Gasteiger charge is -2.12. The van der Waals surface area contributed by atoms with E-state index >= 15 is 0 Å². The van der Waals surface area contributed by atoms with Gasteiger partial charge in [0.15, 0.2) is 5.78 Å². The van der Waals surface area contributed by atoms with E-state index in [-0.39, 0.29) is 5.78 Å². The summed E-state index contributed by atoms with van der Waals surface area (Å²) in [5.74, 6) is 0.387. The minimum absolute atomic E-state index is 0.00276. The van der Waals surface area contributed by atoms with E-state index in [1.807, 2.05) is 13.8 Å². The van der Waals surface area contributed by atoms with Crippen LogP contribution in [0.5, 0.6) is 5.75 Å². The van der Waals surface area contributed by atoms with Crippen molar-refractivity contribution in [3.63, 3.8) is 0 Å². The number of ether oxygens (including phenoxy) is 1. The molecule has 0 radical (unpaired) electrons. The largest absolute Gasteiger partial charge is 0.497 e. The average molecular weight is 245 g/mol. The van der Waals surface area contributed by atoms with E-state index in [1.54, 1.807) is 31.4 Å². The number of hydrogen-bond acceptors (Lipinski definition) is 3. The quantitative estimate of drug-likeness (QED) is 0.772. The van der Waals surface area contributed by atoms with E-state index in [0.29, 0.717) is 12.3 Å². The molecule has 3 heteroatoms. The highest BCUT2D eigenvalue weighted by atomic mass is 16.5. The summed E-state index contributed by atoms with van der Waals surface area (Å²) < 4.78 is 5.06. The lowest BCUT2D eigenvalue weighted by Crippen LogP contribution is -2.14. The molecule has 0 aliphatic rings. The smallest absolute Gasteiger partial charge is 0.154 e. The van der Waals surface area contributed by atoms with Crippen molar-refractivity contribution in [2.24, 2.45) is 5.92 Å². The fourth-order valence-electron chi connectivity index (χ4n) is 1.73. The summed E-state index contributed by atoms with van der Waals surface area (Å²) in [6, 6.07) is 9.20. The van der Waals surface area contributed by atoms with Gasteiger partial charge in [0, 0.05) is 6.42 Å². The van der Waals surface area contributed by atoms with Crippen molar-refractivity contribution in [2.75, 3.05) is 7.11 Å². The number of hydrogen-bond donors (Lipinski definition) is 0. The minimum atomic E-state index is -0.662. The van der Waals surface area contributed by atoms with Crippen molar-refractivity contribution in [2.45, 2.75) is 32.6 Å². The van der Waals surface area contributed by atoms with Crippen molar-refractivity contribution in [1.29, 1.82) is 5.26 Å². The Hall–Kier alpha value is -1.82. The molecule has 0 fully saturated rings. The average Bonchev–Trinajstić information content (AvgIpc) is 2.40. The molecule has 0 bridgehead atoms. The van der Waals surface area contributed by atoms with Crippen LogP contribution in [0.4, 0.5) is 0 Å². The maximum absolute atomic E-state index is 12.0. The van der Waals surface area contributed by atoms with Crippen molar-refractivity contribution in [1.82, 2.24) is 0 Å². The summed E-state index contributed by atoms with van der Waals surface area (Å²) in [4.78, 5) is 12.0. The zero-order valence-corrected chi connectivity index (χ0v) is 11.1.